The second-order valence-corrected chi connectivity index (χ2v) is 7.77. The van der Waals surface area contributed by atoms with Crippen LogP contribution in [0.1, 0.15) is 37.2 Å². The van der Waals surface area contributed by atoms with Crippen LogP contribution in [0.3, 0.4) is 0 Å². The minimum absolute atomic E-state index is 0.322. The molecule has 0 N–H and O–H groups in total. The molecule has 0 radical (unpaired) electrons. The quantitative estimate of drug-likeness (QED) is 0.810. The molecule has 4 nitrogen and oxygen atoms in total. The molecule has 0 bridgehead atoms. The van der Waals surface area contributed by atoms with Crippen LogP contribution in [0.15, 0.2) is 36.5 Å². The van der Waals surface area contributed by atoms with E-state index in [-0.39, 0.29) is 0 Å². The van der Waals surface area contributed by atoms with Gasteiger partial charge in [-0.1, -0.05) is 18.2 Å². The van der Waals surface area contributed by atoms with Gasteiger partial charge >= 0.3 is 0 Å². The number of nitrogens with zero attached hydrogens (tertiary/aromatic N) is 1. The predicted molar refractivity (Wildman–Crippen MR) is 87.2 cm³/mol. The molecule has 22 heavy (non-hydrogen) atoms. The van der Waals surface area contributed by atoms with Gasteiger partial charge in [0.1, 0.15) is 0 Å². The van der Waals surface area contributed by atoms with E-state index in [1.165, 1.54) is 10.9 Å². The lowest BCUT2D eigenvalue weighted by molar-refractivity contribution is 0.206. The van der Waals surface area contributed by atoms with Crippen LogP contribution in [0.5, 0.6) is 0 Å². The minimum atomic E-state index is -3.33. The van der Waals surface area contributed by atoms with Crippen molar-refractivity contribution in [1.82, 2.24) is 4.98 Å². The number of para-hydroxylation sites is 1. The molecule has 3 rings (SSSR count). The normalized spacial score (nSPS) is 22.8. The summed E-state index contributed by atoms with van der Waals surface area (Å²) < 4.78 is 27.1. The fourth-order valence-electron chi connectivity index (χ4n) is 3.33. The summed E-state index contributed by atoms with van der Waals surface area (Å²) in [6.45, 7) is 0.322. The van der Waals surface area contributed by atoms with Crippen molar-refractivity contribution < 1.29 is 12.6 Å². The van der Waals surface area contributed by atoms with Gasteiger partial charge in [0.15, 0.2) is 0 Å². The maximum absolute atomic E-state index is 11.1. The van der Waals surface area contributed by atoms with Crippen LogP contribution in [0.25, 0.3) is 10.9 Å². The molecular weight excluding hydrogens is 298 g/mol. The van der Waals surface area contributed by atoms with Crippen LogP contribution in [-0.4, -0.2) is 26.3 Å². The van der Waals surface area contributed by atoms with Gasteiger partial charge in [-0.15, -0.1) is 0 Å². The fourth-order valence-corrected chi connectivity index (χ4v) is 3.77. The predicted octanol–water partition coefficient (Wildman–Crippen LogP) is 3.48. The fraction of sp³-hybridized carbons (Fsp3) is 0.471. The largest absolute Gasteiger partial charge is 0.270 e. The number of fused-ring (bicyclic) bond motifs is 1. The summed E-state index contributed by atoms with van der Waals surface area (Å²) in [7, 11) is -3.33. The van der Waals surface area contributed by atoms with Gasteiger partial charge in [0.05, 0.1) is 18.4 Å². The Balaban J connectivity index is 1.68. The van der Waals surface area contributed by atoms with Crippen molar-refractivity contribution >= 4 is 21.0 Å². The average molecular weight is 319 g/mol. The Morgan fingerprint density at radius 3 is 2.59 bits per heavy atom. The lowest BCUT2D eigenvalue weighted by Gasteiger charge is -2.29. The number of hydrogen-bond donors (Lipinski definition) is 0. The first-order valence-electron chi connectivity index (χ1n) is 7.71. The van der Waals surface area contributed by atoms with Gasteiger partial charge in [0.25, 0.3) is 10.1 Å². The summed E-state index contributed by atoms with van der Waals surface area (Å²) in [6, 6.07) is 10.4. The van der Waals surface area contributed by atoms with Crippen LogP contribution < -0.4 is 0 Å². The molecule has 1 aromatic carbocycles. The highest BCUT2D eigenvalue weighted by Gasteiger charge is 2.24. The van der Waals surface area contributed by atoms with E-state index in [4.69, 9.17) is 4.18 Å². The van der Waals surface area contributed by atoms with E-state index in [1.807, 2.05) is 18.3 Å². The zero-order valence-electron chi connectivity index (χ0n) is 12.7. The molecule has 0 unspecified atom stereocenters. The Labute approximate surface area is 131 Å². The van der Waals surface area contributed by atoms with Crippen molar-refractivity contribution in [2.75, 3.05) is 12.9 Å². The highest BCUT2D eigenvalue weighted by Crippen LogP contribution is 2.38. The number of rotatable bonds is 4. The number of hydrogen-bond acceptors (Lipinski definition) is 4. The molecule has 0 spiro atoms. The van der Waals surface area contributed by atoms with E-state index >= 15 is 0 Å². The van der Waals surface area contributed by atoms with E-state index < -0.39 is 10.1 Å². The second-order valence-electron chi connectivity index (χ2n) is 6.12. The molecule has 0 aliphatic heterocycles. The van der Waals surface area contributed by atoms with Crippen molar-refractivity contribution in [3.05, 3.63) is 42.1 Å². The molecule has 1 aliphatic rings. The van der Waals surface area contributed by atoms with Gasteiger partial charge in [-0.2, -0.15) is 8.42 Å². The van der Waals surface area contributed by atoms with Gasteiger partial charge in [-0.3, -0.25) is 9.17 Å². The number of benzene rings is 1. The van der Waals surface area contributed by atoms with Gasteiger partial charge in [-0.25, -0.2) is 0 Å². The topological polar surface area (TPSA) is 56.3 Å². The smallest absolute Gasteiger partial charge is 0.264 e. The van der Waals surface area contributed by atoms with E-state index in [0.29, 0.717) is 18.4 Å². The maximum atomic E-state index is 11.1. The third-order valence-electron chi connectivity index (χ3n) is 4.49. The molecule has 0 amide bonds. The van der Waals surface area contributed by atoms with Crippen molar-refractivity contribution in [3.63, 3.8) is 0 Å². The molecule has 2 aromatic rings. The van der Waals surface area contributed by atoms with Crippen molar-refractivity contribution in [3.8, 4) is 0 Å². The summed E-state index contributed by atoms with van der Waals surface area (Å²) in [5.41, 5.74) is 2.41. The molecule has 1 aliphatic carbocycles. The molecule has 1 saturated carbocycles. The minimum Gasteiger partial charge on any atom is -0.270 e. The highest BCUT2D eigenvalue weighted by molar-refractivity contribution is 7.85. The lowest BCUT2D eigenvalue weighted by atomic mass is 9.78. The first-order valence-corrected chi connectivity index (χ1v) is 9.52. The van der Waals surface area contributed by atoms with Crippen LogP contribution in [-0.2, 0) is 14.3 Å². The van der Waals surface area contributed by atoms with E-state index in [0.717, 1.165) is 37.5 Å². The van der Waals surface area contributed by atoms with E-state index in [1.54, 1.807) is 0 Å². The van der Waals surface area contributed by atoms with Crippen molar-refractivity contribution in [1.29, 1.82) is 0 Å². The van der Waals surface area contributed by atoms with Gasteiger partial charge in [-0.05, 0) is 55.2 Å². The molecule has 5 heteroatoms. The van der Waals surface area contributed by atoms with Crippen molar-refractivity contribution in [2.45, 2.75) is 31.6 Å². The van der Waals surface area contributed by atoms with Crippen LogP contribution in [0.4, 0.5) is 0 Å². The standard InChI is InChI=1S/C17H21NO3S/c1-22(19,20)21-12-13-6-8-14(9-7-13)15-10-11-18-17-5-3-2-4-16(15)17/h2-5,10-11,13-14H,6-9,12H2,1H3/t13-,14+. The monoisotopic (exact) mass is 319 g/mol. The molecule has 0 saturated heterocycles. The molecular formula is C17H21NO3S. The Morgan fingerprint density at radius 1 is 1.14 bits per heavy atom. The first-order chi connectivity index (χ1) is 10.5. The maximum Gasteiger partial charge on any atom is 0.264 e. The molecule has 0 atom stereocenters. The molecule has 118 valence electrons. The second kappa shape index (κ2) is 6.34. The summed E-state index contributed by atoms with van der Waals surface area (Å²) in [6.07, 6.45) is 7.17. The summed E-state index contributed by atoms with van der Waals surface area (Å²) in [5.74, 6) is 0.876. The number of pyridine rings is 1. The Bertz CT molecular complexity index is 744. The van der Waals surface area contributed by atoms with Crippen LogP contribution in [0, 0.1) is 5.92 Å². The average Bonchev–Trinajstić information content (AvgIpc) is 2.52. The SMILES string of the molecule is CS(=O)(=O)OC[C@H]1CC[C@@H](c2ccnc3ccccc32)CC1. The highest BCUT2D eigenvalue weighted by atomic mass is 32.2. The number of aromatic nitrogens is 1. The Kier molecular flexibility index (Phi) is 4.45. The Morgan fingerprint density at radius 2 is 1.86 bits per heavy atom. The van der Waals surface area contributed by atoms with Gasteiger partial charge < -0.3 is 0 Å². The third-order valence-corrected chi connectivity index (χ3v) is 5.05. The van der Waals surface area contributed by atoms with E-state index in [2.05, 4.69) is 23.2 Å². The van der Waals surface area contributed by atoms with Gasteiger partial charge in [0, 0.05) is 11.6 Å². The van der Waals surface area contributed by atoms with Crippen LogP contribution >= 0.6 is 0 Å². The van der Waals surface area contributed by atoms with E-state index in [9.17, 15) is 8.42 Å². The van der Waals surface area contributed by atoms with Crippen LogP contribution in [0.2, 0.25) is 0 Å². The Hall–Kier alpha value is -1.46. The summed E-state index contributed by atoms with van der Waals surface area (Å²) in [5, 5.41) is 1.24. The zero-order valence-corrected chi connectivity index (χ0v) is 13.6. The molecule has 1 aromatic heterocycles. The zero-order chi connectivity index (χ0) is 15.6. The summed E-state index contributed by atoms with van der Waals surface area (Å²) >= 11 is 0. The third kappa shape index (κ3) is 3.65. The summed E-state index contributed by atoms with van der Waals surface area (Å²) in [4.78, 5) is 4.42. The lowest BCUT2D eigenvalue weighted by Crippen LogP contribution is -2.19. The molecule has 1 fully saturated rings. The first kappa shape index (κ1) is 15.4. The van der Waals surface area contributed by atoms with Gasteiger partial charge in [0.2, 0.25) is 0 Å². The molecule has 1 heterocycles. The van der Waals surface area contributed by atoms with Crippen molar-refractivity contribution in [2.24, 2.45) is 5.92 Å².